The van der Waals surface area contributed by atoms with Gasteiger partial charge in [0.05, 0.1) is 44.8 Å². The highest BCUT2D eigenvalue weighted by molar-refractivity contribution is 5.97. The molecule has 0 saturated carbocycles. The fourth-order valence-corrected chi connectivity index (χ4v) is 4.00. The molecule has 3 aromatic carbocycles. The van der Waals surface area contributed by atoms with E-state index in [4.69, 9.17) is 28.4 Å². The first-order valence-electron chi connectivity index (χ1n) is 15.5. The Labute approximate surface area is 285 Å². The van der Waals surface area contributed by atoms with Gasteiger partial charge in [0.1, 0.15) is 17.2 Å². The van der Waals surface area contributed by atoms with Crippen LogP contribution in [0.3, 0.4) is 0 Å². The van der Waals surface area contributed by atoms with Crippen molar-refractivity contribution >= 4 is 41.9 Å². The summed E-state index contributed by atoms with van der Waals surface area (Å²) in [5, 5.41) is 0. The van der Waals surface area contributed by atoms with E-state index in [0.29, 0.717) is 62.9 Å². The molecular formula is C38H39NO10. The second-order valence-electron chi connectivity index (χ2n) is 10.2. The molecule has 0 radical (unpaired) electrons. The summed E-state index contributed by atoms with van der Waals surface area (Å²) < 4.78 is 31.6. The van der Waals surface area contributed by atoms with Gasteiger partial charge in [-0.15, -0.1) is 0 Å². The number of methoxy groups -OCH3 is 1. The number of rotatable bonds is 20. The highest BCUT2D eigenvalue weighted by Gasteiger charge is 2.14. The predicted octanol–water partition coefficient (Wildman–Crippen LogP) is 6.62. The van der Waals surface area contributed by atoms with Crippen molar-refractivity contribution in [3.63, 3.8) is 0 Å². The van der Waals surface area contributed by atoms with Gasteiger partial charge in [0.25, 0.3) is 0 Å². The molecule has 11 heteroatoms. The number of hydrogen-bond donors (Lipinski definition) is 0. The number of unbranched alkanes of at least 4 members (excludes halogenated alkanes) is 2. The third kappa shape index (κ3) is 14.1. The van der Waals surface area contributed by atoms with E-state index in [9.17, 15) is 19.2 Å². The lowest BCUT2D eigenvalue weighted by Gasteiger charge is -2.08. The van der Waals surface area contributed by atoms with E-state index in [1.165, 1.54) is 25.3 Å². The van der Waals surface area contributed by atoms with Gasteiger partial charge < -0.3 is 28.4 Å². The van der Waals surface area contributed by atoms with Gasteiger partial charge in [-0.2, -0.15) is 0 Å². The molecule has 49 heavy (non-hydrogen) atoms. The van der Waals surface area contributed by atoms with Crippen LogP contribution in [0.5, 0.6) is 17.2 Å². The molecule has 0 bridgehead atoms. The molecule has 0 aliphatic heterocycles. The van der Waals surface area contributed by atoms with Crippen molar-refractivity contribution in [2.24, 2.45) is 4.99 Å². The molecule has 0 amide bonds. The summed E-state index contributed by atoms with van der Waals surface area (Å²) in [7, 11) is 1.25. The molecule has 0 N–H and O–H groups in total. The Bertz CT molecular complexity index is 1630. The lowest BCUT2D eigenvalue weighted by atomic mass is 10.1. The smallest absolute Gasteiger partial charge is 0.340 e. The van der Waals surface area contributed by atoms with Crippen LogP contribution in [-0.2, 0) is 28.6 Å². The van der Waals surface area contributed by atoms with Crippen LogP contribution in [0, 0.1) is 0 Å². The summed E-state index contributed by atoms with van der Waals surface area (Å²) in [6.45, 7) is 8.26. The minimum Gasteiger partial charge on any atom is -0.494 e. The van der Waals surface area contributed by atoms with Crippen LogP contribution < -0.4 is 14.2 Å². The van der Waals surface area contributed by atoms with Gasteiger partial charge in [0.2, 0.25) is 0 Å². The molecule has 3 rings (SSSR count). The average Bonchev–Trinajstić information content (AvgIpc) is 3.13. The van der Waals surface area contributed by atoms with E-state index in [1.807, 2.05) is 12.1 Å². The summed E-state index contributed by atoms with van der Waals surface area (Å²) in [4.78, 5) is 51.5. The molecule has 0 unspecified atom stereocenters. The quantitative estimate of drug-likeness (QED) is 0.0322. The Morgan fingerprint density at radius 3 is 1.69 bits per heavy atom. The van der Waals surface area contributed by atoms with E-state index in [-0.39, 0.29) is 11.3 Å². The van der Waals surface area contributed by atoms with Gasteiger partial charge >= 0.3 is 23.9 Å². The normalized spacial score (nSPS) is 10.7. The van der Waals surface area contributed by atoms with Gasteiger partial charge in [-0.05, 0) is 97.5 Å². The molecule has 0 saturated heterocycles. The maximum absolute atomic E-state index is 12.5. The molecule has 0 fully saturated rings. The van der Waals surface area contributed by atoms with Crippen LogP contribution in [0.1, 0.15) is 47.2 Å². The first-order valence-corrected chi connectivity index (χ1v) is 15.5. The monoisotopic (exact) mass is 669 g/mol. The van der Waals surface area contributed by atoms with Crippen LogP contribution >= 0.6 is 0 Å². The molecule has 3 aromatic rings. The molecule has 0 aromatic heterocycles. The first-order chi connectivity index (χ1) is 23.8. The molecular weight excluding hydrogens is 630 g/mol. The highest BCUT2D eigenvalue weighted by Crippen LogP contribution is 2.26. The number of aliphatic imine (C=N–C) groups is 1. The van der Waals surface area contributed by atoms with Crippen molar-refractivity contribution < 1.29 is 47.6 Å². The second kappa shape index (κ2) is 21.0. The van der Waals surface area contributed by atoms with E-state index in [2.05, 4.69) is 18.2 Å². The minimum absolute atomic E-state index is 0.125. The topological polar surface area (TPSA) is 136 Å². The summed E-state index contributed by atoms with van der Waals surface area (Å²) in [6.07, 6.45) is 9.51. The summed E-state index contributed by atoms with van der Waals surface area (Å²) in [5.41, 5.74) is 1.98. The maximum Gasteiger partial charge on any atom is 0.340 e. The standard InChI is InChI=1S/C38H39NO10/c1-4-35(40)47-24-8-6-22-45-30-15-10-28(11-16-30)14-21-37(42)49-32-19-20-34(33(26-32)38(43)44-3)39-27-29-12-17-31(18-13-29)46-23-7-9-25-48-36(41)5-2/h4-5,10-21,26-27H,1-2,6-9,22-25H2,3H3/b21-14+,39-27+. The molecule has 11 nitrogen and oxygen atoms in total. The van der Waals surface area contributed by atoms with Gasteiger partial charge in [-0.3, -0.25) is 4.99 Å². The van der Waals surface area contributed by atoms with Gasteiger partial charge in [-0.1, -0.05) is 25.3 Å². The van der Waals surface area contributed by atoms with Crippen molar-refractivity contribution in [3.8, 4) is 17.2 Å². The first kappa shape index (κ1) is 37.5. The van der Waals surface area contributed by atoms with Crippen molar-refractivity contribution in [1.82, 2.24) is 0 Å². The maximum atomic E-state index is 12.5. The van der Waals surface area contributed by atoms with E-state index >= 15 is 0 Å². The third-order valence-electron chi connectivity index (χ3n) is 6.55. The number of esters is 4. The Hall–Kier alpha value is -5.97. The molecule has 0 heterocycles. The fourth-order valence-electron chi connectivity index (χ4n) is 4.00. The lowest BCUT2D eigenvalue weighted by molar-refractivity contribution is -0.138. The van der Waals surface area contributed by atoms with Gasteiger partial charge in [-0.25, -0.2) is 19.2 Å². The Morgan fingerprint density at radius 1 is 0.653 bits per heavy atom. The molecule has 0 spiro atoms. The Morgan fingerprint density at radius 2 is 1.16 bits per heavy atom. The van der Waals surface area contributed by atoms with Crippen molar-refractivity contribution in [3.05, 3.63) is 115 Å². The van der Waals surface area contributed by atoms with Crippen LogP contribution in [0.4, 0.5) is 5.69 Å². The SMILES string of the molecule is C=CC(=O)OCCCCOc1ccc(/C=C/C(=O)Oc2ccc(/N=C/c3ccc(OCCCCOC(=O)C=C)cc3)c(C(=O)OC)c2)cc1. The molecule has 0 aliphatic carbocycles. The zero-order valence-electron chi connectivity index (χ0n) is 27.3. The number of carbonyl (C=O) groups excluding carboxylic acids is 4. The minimum atomic E-state index is -0.637. The predicted molar refractivity (Wildman–Crippen MR) is 184 cm³/mol. The number of carbonyl (C=O) groups is 4. The van der Waals surface area contributed by atoms with Crippen molar-refractivity contribution in [2.75, 3.05) is 33.5 Å². The number of benzene rings is 3. The lowest BCUT2D eigenvalue weighted by Crippen LogP contribution is -2.06. The molecule has 0 atom stereocenters. The third-order valence-corrected chi connectivity index (χ3v) is 6.55. The van der Waals surface area contributed by atoms with Crippen molar-refractivity contribution in [2.45, 2.75) is 25.7 Å². The van der Waals surface area contributed by atoms with Gasteiger partial charge in [0.15, 0.2) is 0 Å². The zero-order chi connectivity index (χ0) is 35.3. The van der Waals surface area contributed by atoms with Gasteiger partial charge in [0, 0.05) is 24.4 Å². The number of nitrogens with zero attached hydrogens (tertiary/aromatic N) is 1. The Balaban J connectivity index is 1.49. The fraction of sp³-hybridized carbons (Fsp3) is 0.237. The number of ether oxygens (including phenoxy) is 6. The van der Waals surface area contributed by atoms with E-state index in [1.54, 1.807) is 54.8 Å². The largest absolute Gasteiger partial charge is 0.494 e. The summed E-state index contributed by atoms with van der Waals surface area (Å²) >= 11 is 0. The van der Waals surface area contributed by atoms with E-state index in [0.717, 1.165) is 29.7 Å². The summed E-state index contributed by atoms with van der Waals surface area (Å²) in [5.74, 6) is -0.664. The number of hydrogen-bond acceptors (Lipinski definition) is 11. The summed E-state index contributed by atoms with van der Waals surface area (Å²) in [6, 6.07) is 18.9. The molecule has 0 aliphatic rings. The zero-order valence-corrected chi connectivity index (χ0v) is 27.3. The highest BCUT2D eigenvalue weighted by atomic mass is 16.5. The van der Waals surface area contributed by atoms with Crippen molar-refractivity contribution in [1.29, 1.82) is 0 Å². The van der Waals surface area contributed by atoms with E-state index < -0.39 is 23.9 Å². The van der Waals surface area contributed by atoms with Crippen LogP contribution in [0.25, 0.3) is 6.08 Å². The second-order valence-corrected chi connectivity index (χ2v) is 10.2. The van der Waals surface area contributed by atoms with Crippen LogP contribution in [-0.4, -0.2) is 63.6 Å². The van der Waals surface area contributed by atoms with Crippen LogP contribution in [0.2, 0.25) is 0 Å². The Kier molecular flexibility index (Phi) is 16.1. The average molecular weight is 670 g/mol. The molecule has 256 valence electrons. The van der Waals surface area contributed by atoms with Crippen LogP contribution in [0.15, 0.2) is 103 Å².